The van der Waals surface area contributed by atoms with E-state index in [1.165, 1.54) is 10.7 Å². The third-order valence-electron chi connectivity index (χ3n) is 1.59. The molecule has 18 heavy (non-hydrogen) atoms. The Balaban J connectivity index is 0. The molecule has 1 aromatic heterocycles. The average molecular weight is 263 g/mol. The fraction of sp³-hybridized carbons (Fsp3) is 0.667. The van der Waals surface area contributed by atoms with E-state index in [2.05, 4.69) is 10.4 Å². The highest BCUT2D eigenvalue weighted by atomic mass is 19.3. The van der Waals surface area contributed by atoms with Crippen molar-refractivity contribution >= 4 is 5.91 Å². The number of aromatic nitrogens is 2. The van der Waals surface area contributed by atoms with Gasteiger partial charge in [0.25, 0.3) is 5.91 Å². The predicted octanol–water partition coefficient (Wildman–Crippen LogP) is 2.86. The molecule has 0 radical (unpaired) electrons. The molecule has 0 aliphatic carbocycles. The fourth-order valence-electron chi connectivity index (χ4n) is 0.922. The molecular formula is C12H23F2N3O. The van der Waals surface area contributed by atoms with E-state index < -0.39 is 12.3 Å². The molecule has 1 heterocycles. The Hall–Kier alpha value is -1.46. The second-order valence-electron chi connectivity index (χ2n) is 2.81. The van der Waals surface area contributed by atoms with E-state index in [-0.39, 0.29) is 18.7 Å². The summed E-state index contributed by atoms with van der Waals surface area (Å²) in [5.74, 6) is -0.425. The molecule has 0 aliphatic rings. The zero-order valence-electron chi connectivity index (χ0n) is 11.7. The van der Waals surface area contributed by atoms with Gasteiger partial charge in [0.1, 0.15) is 5.69 Å². The summed E-state index contributed by atoms with van der Waals surface area (Å²) in [6.07, 6.45) is -1.11. The number of carbonyl (C=O) groups excluding carboxylic acids is 1. The van der Waals surface area contributed by atoms with Crippen molar-refractivity contribution in [2.45, 2.75) is 40.5 Å². The predicted molar refractivity (Wildman–Crippen MR) is 68.9 cm³/mol. The Kier molecular flexibility index (Phi) is 12.6. The maximum atomic E-state index is 11.7. The van der Waals surface area contributed by atoms with E-state index >= 15 is 0 Å². The zero-order chi connectivity index (χ0) is 14.6. The second kappa shape index (κ2) is 12.0. The molecule has 0 spiro atoms. The van der Waals surface area contributed by atoms with E-state index in [0.717, 1.165) is 0 Å². The number of hydrogen-bond donors (Lipinski definition) is 1. The Morgan fingerprint density at radius 2 is 1.94 bits per heavy atom. The number of nitrogens with one attached hydrogen (secondary N) is 1. The molecule has 4 nitrogen and oxygen atoms in total. The van der Waals surface area contributed by atoms with Crippen LogP contribution in [0.2, 0.25) is 0 Å². The lowest BCUT2D eigenvalue weighted by Gasteiger charge is -2.01. The quantitative estimate of drug-likeness (QED) is 0.908. The molecule has 0 bridgehead atoms. The minimum absolute atomic E-state index is 0.0346. The first-order valence-electron chi connectivity index (χ1n) is 6.15. The number of rotatable bonds is 4. The molecule has 0 unspecified atom stereocenters. The number of amides is 1. The van der Waals surface area contributed by atoms with E-state index in [1.807, 2.05) is 27.7 Å². The molecule has 0 saturated heterocycles. The summed E-state index contributed by atoms with van der Waals surface area (Å²) in [5, 5.41) is 6.17. The minimum Gasteiger partial charge on any atom is -0.350 e. The molecule has 0 saturated carbocycles. The SMILES string of the molecule is CC.CC.Cn1ccc(C(=O)NCCC(F)F)n1. The molecule has 0 aromatic carbocycles. The van der Waals surface area contributed by atoms with Crippen molar-refractivity contribution in [1.82, 2.24) is 15.1 Å². The van der Waals surface area contributed by atoms with Crippen LogP contribution in [0.15, 0.2) is 12.3 Å². The summed E-state index contributed by atoms with van der Waals surface area (Å²) in [6, 6.07) is 1.53. The lowest BCUT2D eigenvalue weighted by atomic mass is 10.4. The topological polar surface area (TPSA) is 46.9 Å². The van der Waals surface area contributed by atoms with Crippen LogP contribution >= 0.6 is 0 Å². The van der Waals surface area contributed by atoms with Gasteiger partial charge in [-0.1, -0.05) is 27.7 Å². The maximum absolute atomic E-state index is 11.7. The summed E-state index contributed by atoms with van der Waals surface area (Å²) < 4.78 is 24.9. The molecule has 0 aliphatic heterocycles. The van der Waals surface area contributed by atoms with Gasteiger partial charge in [-0.15, -0.1) is 0 Å². The lowest BCUT2D eigenvalue weighted by molar-refractivity contribution is 0.0928. The van der Waals surface area contributed by atoms with Gasteiger partial charge in [-0.25, -0.2) is 8.78 Å². The highest BCUT2D eigenvalue weighted by Gasteiger charge is 2.09. The van der Waals surface area contributed by atoms with Crippen LogP contribution in [0.1, 0.15) is 44.6 Å². The van der Waals surface area contributed by atoms with Gasteiger partial charge in [0.15, 0.2) is 0 Å². The first-order chi connectivity index (χ1) is 8.59. The Labute approximate surface area is 107 Å². The van der Waals surface area contributed by atoms with Crippen molar-refractivity contribution in [3.63, 3.8) is 0 Å². The highest BCUT2D eigenvalue weighted by molar-refractivity contribution is 5.92. The fourth-order valence-corrected chi connectivity index (χ4v) is 0.922. The molecule has 6 heteroatoms. The molecule has 1 aromatic rings. The molecule has 1 amide bonds. The average Bonchev–Trinajstić information content (AvgIpc) is 2.80. The number of hydrogen-bond acceptors (Lipinski definition) is 2. The van der Waals surface area contributed by atoms with Crippen LogP contribution in [0.5, 0.6) is 0 Å². The number of alkyl halides is 2. The van der Waals surface area contributed by atoms with Gasteiger partial charge < -0.3 is 5.32 Å². The van der Waals surface area contributed by atoms with Crippen LogP contribution in [0.3, 0.4) is 0 Å². The summed E-state index contributed by atoms with van der Waals surface area (Å²) in [4.78, 5) is 11.2. The standard InChI is InChI=1S/C8H11F2N3O.2C2H6/c1-13-5-3-6(12-13)8(14)11-4-2-7(9)10;2*1-2/h3,5,7H,2,4H2,1H3,(H,11,14);2*1-2H3. The van der Waals surface area contributed by atoms with Crippen LogP contribution in [0.25, 0.3) is 0 Å². The number of nitrogens with zero attached hydrogens (tertiary/aromatic N) is 2. The van der Waals surface area contributed by atoms with Crippen LogP contribution in [0, 0.1) is 0 Å². The molecular weight excluding hydrogens is 240 g/mol. The molecule has 0 atom stereocenters. The number of carbonyl (C=O) groups is 1. The first kappa shape index (κ1) is 18.9. The third-order valence-corrected chi connectivity index (χ3v) is 1.59. The van der Waals surface area contributed by atoms with Gasteiger partial charge in [-0.2, -0.15) is 5.10 Å². The van der Waals surface area contributed by atoms with Crippen molar-refractivity contribution < 1.29 is 13.6 Å². The van der Waals surface area contributed by atoms with Crippen molar-refractivity contribution in [3.05, 3.63) is 18.0 Å². The Bertz CT molecular complexity index is 314. The van der Waals surface area contributed by atoms with Crippen molar-refractivity contribution in [1.29, 1.82) is 0 Å². The highest BCUT2D eigenvalue weighted by Crippen LogP contribution is 1.98. The summed E-state index contributed by atoms with van der Waals surface area (Å²) >= 11 is 0. The Morgan fingerprint density at radius 3 is 2.33 bits per heavy atom. The Morgan fingerprint density at radius 1 is 1.39 bits per heavy atom. The van der Waals surface area contributed by atoms with Crippen molar-refractivity contribution in [2.75, 3.05) is 6.54 Å². The number of aryl methyl sites for hydroxylation is 1. The first-order valence-corrected chi connectivity index (χ1v) is 6.15. The van der Waals surface area contributed by atoms with Crippen LogP contribution < -0.4 is 5.32 Å². The summed E-state index contributed by atoms with van der Waals surface area (Å²) in [6.45, 7) is 7.97. The van der Waals surface area contributed by atoms with Gasteiger partial charge >= 0.3 is 0 Å². The smallest absolute Gasteiger partial charge is 0.271 e. The van der Waals surface area contributed by atoms with Gasteiger partial charge in [0.2, 0.25) is 6.43 Å². The van der Waals surface area contributed by atoms with Crippen molar-refractivity contribution in [2.24, 2.45) is 7.05 Å². The van der Waals surface area contributed by atoms with E-state index in [1.54, 1.807) is 13.2 Å². The van der Waals surface area contributed by atoms with Gasteiger partial charge in [-0.05, 0) is 6.07 Å². The summed E-state index contributed by atoms with van der Waals surface area (Å²) in [5.41, 5.74) is 0.238. The number of halogens is 2. The minimum atomic E-state index is -2.39. The monoisotopic (exact) mass is 263 g/mol. The lowest BCUT2D eigenvalue weighted by Crippen LogP contribution is -2.26. The van der Waals surface area contributed by atoms with E-state index in [4.69, 9.17) is 0 Å². The zero-order valence-corrected chi connectivity index (χ0v) is 11.7. The molecule has 1 N–H and O–H groups in total. The summed E-state index contributed by atoms with van der Waals surface area (Å²) in [7, 11) is 1.68. The molecule has 0 fully saturated rings. The van der Waals surface area contributed by atoms with Gasteiger partial charge in [-0.3, -0.25) is 9.48 Å². The largest absolute Gasteiger partial charge is 0.350 e. The molecule has 106 valence electrons. The van der Waals surface area contributed by atoms with Crippen molar-refractivity contribution in [3.8, 4) is 0 Å². The molecule has 1 rings (SSSR count). The normalized spacial score (nSPS) is 8.89. The third kappa shape index (κ3) is 8.66. The van der Waals surface area contributed by atoms with Gasteiger partial charge in [0.05, 0.1) is 0 Å². The van der Waals surface area contributed by atoms with Crippen LogP contribution in [0.4, 0.5) is 8.78 Å². The van der Waals surface area contributed by atoms with E-state index in [0.29, 0.717) is 0 Å². The van der Waals surface area contributed by atoms with Crippen LogP contribution in [-0.4, -0.2) is 28.7 Å². The van der Waals surface area contributed by atoms with E-state index in [9.17, 15) is 13.6 Å². The van der Waals surface area contributed by atoms with Crippen LogP contribution in [-0.2, 0) is 7.05 Å². The van der Waals surface area contributed by atoms with Gasteiger partial charge in [0, 0.05) is 26.2 Å². The maximum Gasteiger partial charge on any atom is 0.271 e. The second-order valence-corrected chi connectivity index (χ2v) is 2.81.